The van der Waals surface area contributed by atoms with Crippen LogP contribution in [-0.4, -0.2) is 21.1 Å². The Morgan fingerprint density at radius 1 is 1.27 bits per heavy atom. The van der Waals surface area contributed by atoms with Crippen LogP contribution < -0.4 is 5.32 Å². The standard InChI is InChI=1S/C17H19ClN4/c1-12(10-22-8-7-19-11-22)9-20-16-6-4-14-15(18)5-3-13(2)17(14)21-16/h3-8,11-12H,9-10H2,1-2H3,(H,20,21). The lowest BCUT2D eigenvalue weighted by Crippen LogP contribution is -2.17. The molecule has 5 heteroatoms. The number of benzene rings is 1. The van der Waals surface area contributed by atoms with E-state index in [4.69, 9.17) is 11.6 Å². The molecular formula is C17H19ClN4. The third-order valence-electron chi connectivity index (χ3n) is 3.72. The molecule has 0 amide bonds. The monoisotopic (exact) mass is 314 g/mol. The minimum Gasteiger partial charge on any atom is -0.370 e. The molecule has 1 N–H and O–H groups in total. The van der Waals surface area contributed by atoms with Gasteiger partial charge in [-0.05, 0) is 36.6 Å². The van der Waals surface area contributed by atoms with E-state index in [2.05, 4.69) is 33.7 Å². The summed E-state index contributed by atoms with van der Waals surface area (Å²) in [6, 6.07) is 7.93. The van der Waals surface area contributed by atoms with E-state index in [1.807, 2.05) is 36.8 Å². The van der Waals surface area contributed by atoms with Gasteiger partial charge in [-0.25, -0.2) is 9.97 Å². The van der Waals surface area contributed by atoms with E-state index in [0.717, 1.165) is 40.4 Å². The number of anilines is 1. The van der Waals surface area contributed by atoms with Gasteiger partial charge in [0.1, 0.15) is 5.82 Å². The molecule has 2 aromatic heterocycles. The molecule has 2 heterocycles. The maximum absolute atomic E-state index is 6.22. The third kappa shape index (κ3) is 3.22. The topological polar surface area (TPSA) is 42.7 Å². The van der Waals surface area contributed by atoms with Crippen LogP contribution in [0.25, 0.3) is 10.9 Å². The van der Waals surface area contributed by atoms with Crippen molar-refractivity contribution in [2.45, 2.75) is 20.4 Å². The maximum Gasteiger partial charge on any atom is 0.126 e. The number of nitrogens with zero attached hydrogens (tertiary/aromatic N) is 3. The molecular weight excluding hydrogens is 296 g/mol. The number of hydrogen-bond donors (Lipinski definition) is 1. The Bertz CT molecular complexity index is 768. The molecule has 22 heavy (non-hydrogen) atoms. The van der Waals surface area contributed by atoms with Crippen LogP contribution in [0.4, 0.5) is 5.82 Å². The average Bonchev–Trinajstić information content (AvgIpc) is 3.02. The second-order valence-electron chi connectivity index (χ2n) is 5.70. The summed E-state index contributed by atoms with van der Waals surface area (Å²) in [6.45, 7) is 6.05. The van der Waals surface area contributed by atoms with Crippen LogP contribution in [-0.2, 0) is 6.54 Å². The summed E-state index contributed by atoms with van der Waals surface area (Å²) < 4.78 is 2.09. The van der Waals surface area contributed by atoms with Crippen molar-refractivity contribution in [2.75, 3.05) is 11.9 Å². The van der Waals surface area contributed by atoms with Crippen LogP contribution in [0.3, 0.4) is 0 Å². The molecule has 0 radical (unpaired) electrons. The number of aromatic nitrogens is 3. The number of imidazole rings is 1. The number of nitrogens with one attached hydrogen (secondary N) is 1. The van der Waals surface area contributed by atoms with Crippen molar-refractivity contribution >= 4 is 28.3 Å². The van der Waals surface area contributed by atoms with Crippen molar-refractivity contribution in [1.82, 2.24) is 14.5 Å². The van der Waals surface area contributed by atoms with E-state index in [0.29, 0.717) is 5.92 Å². The molecule has 1 atom stereocenters. The third-order valence-corrected chi connectivity index (χ3v) is 4.05. The highest BCUT2D eigenvalue weighted by Crippen LogP contribution is 2.26. The van der Waals surface area contributed by atoms with Crippen LogP contribution in [0.5, 0.6) is 0 Å². The smallest absolute Gasteiger partial charge is 0.126 e. The van der Waals surface area contributed by atoms with Gasteiger partial charge in [-0.15, -0.1) is 0 Å². The highest BCUT2D eigenvalue weighted by molar-refractivity contribution is 6.35. The minimum absolute atomic E-state index is 0.479. The molecule has 3 aromatic rings. The van der Waals surface area contributed by atoms with E-state index in [-0.39, 0.29) is 0 Å². The van der Waals surface area contributed by atoms with Gasteiger partial charge < -0.3 is 9.88 Å². The molecule has 0 aliphatic rings. The first-order chi connectivity index (χ1) is 10.6. The molecule has 0 fully saturated rings. The van der Waals surface area contributed by atoms with Gasteiger partial charge in [-0.2, -0.15) is 0 Å². The van der Waals surface area contributed by atoms with Gasteiger partial charge in [0, 0.05) is 35.9 Å². The molecule has 0 spiro atoms. The fourth-order valence-electron chi connectivity index (χ4n) is 2.52. The first-order valence-corrected chi connectivity index (χ1v) is 7.77. The Balaban J connectivity index is 1.70. The normalized spacial score (nSPS) is 12.5. The lowest BCUT2D eigenvalue weighted by Gasteiger charge is -2.14. The predicted molar refractivity (Wildman–Crippen MR) is 91.4 cm³/mol. The quantitative estimate of drug-likeness (QED) is 0.769. The minimum atomic E-state index is 0.479. The Hall–Kier alpha value is -2.07. The van der Waals surface area contributed by atoms with E-state index in [1.54, 1.807) is 6.20 Å². The summed E-state index contributed by atoms with van der Waals surface area (Å²) >= 11 is 6.22. The summed E-state index contributed by atoms with van der Waals surface area (Å²) in [5.74, 6) is 1.36. The Morgan fingerprint density at radius 3 is 2.91 bits per heavy atom. The van der Waals surface area contributed by atoms with Gasteiger partial charge in [-0.3, -0.25) is 0 Å². The van der Waals surface area contributed by atoms with Crippen molar-refractivity contribution in [1.29, 1.82) is 0 Å². The van der Waals surface area contributed by atoms with Gasteiger partial charge in [0.15, 0.2) is 0 Å². The lowest BCUT2D eigenvalue weighted by molar-refractivity contribution is 0.502. The molecule has 1 aromatic carbocycles. The fourth-order valence-corrected chi connectivity index (χ4v) is 2.73. The molecule has 114 valence electrons. The Kier molecular flexibility index (Phi) is 4.29. The van der Waals surface area contributed by atoms with Crippen LogP contribution in [0, 0.1) is 12.8 Å². The van der Waals surface area contributed by atoms with Gasteiger partial charge >= 0.3 is 0 Å². The number of hydrogen-bond acceptors (Lipinski definition) is 3. The van der Waals surface area contributed by atoms with E-state index >= 15 is 0 Å². The van der Waals surface area contributed by atoms with E-state index < -0.39 is 0 Å². The van der Waals surface area contributed by atoms with Crippen LogP contribution >= 0.6 is 11.6 Å². The fraction of sp³-hybridized carbons (Fsp3) is 0.294. The van der Waals surface area contributed by atoms with E-state index in [9.17, 15) is 0 Å². The number of rotatable bonds is 5. The first-order valence-electron chi connectivity index (χ1n) is 7.39. The molecule has 4 nitrogen and oxygen atoms in total. The largest absolute Gasteiger partial charge is 0.370 e. The van der Waals surface area contributed by atoms with Crippen molar-refractivity contribution in [3.63, 3.8) is 0 Å². The molecule has 0 bridgehead atoms. The number of pyridine rings is 1. The van der Waals surface area contributed by atoms with Gasteiger partial charge in [0.2, 0.25) is 0 Å². The summed E-state index contributed by atoms with van der Waals surface area (Å²) in [4.78, 5) is 8.75. The zero-order chi connectivity index (χ0) is 15.5. The second kappa shape index (κ2) is 6.36. The number of aryl methyl sites for hydroxylation is 1. The highest BCUT2D eigenvalue weighted by atomic mass is 35.5. The maximum atomic E-state index is 6.22. The zero-order valence-electron chi connectivity index (χ0n) is 12.8. The Labute approximate surface area is 135 Å². The summed E-state index contributed by atoms with van der Waals surface area (Å²) in [5.41, 5.74) is 2.09. The SMILES string of the molecule is Cc1ccc(Cl)c2ccc(NCC(C)Cn3ccnc3)nc12. The average molecular weight is 315 g/mol. The second-order valence-corrected chi connectivity index (χ2v) is 6.11. The predicted octanol–water partition coefficient (Wildman–Crippen LogP) is 4.14. The molecule has 3 rings (SSSR count). The van der Waals surface area contributed by atoms with Crippen molar-refractivity contribution in [3.05, 3.63) is 53.6 Å². The summed E-state index contributed by atoms with van der Waals surface area (Å²) in [5, 5.41) is 5.15. The molecule has 0 saturated heterocycles. The van der Waals surface area contributed by atoms with Crippen LogP contribution in [0.2, 0.25) is 5.02 Å². The number of fused-ring (bicyclic) bond motifs is 1. The summed E-state index contributed by atoms with van der Waals surface area (Å²) in [6.07, 6.45) is 5.63. The van der Waals surface area contributed by atoms with Crippen molar-refractivity contribution < 1.29 is 0 Å². The lowest BCUT2D eigenvalue weighted by atomic mass is 10.1. The molecule has 1 unspecified atom stereocenters. The van der Waals surface area contributed by atoms with Crippen LogP contribution in [0.1, 0.15) is 12.5 Å². The van der Waals surface area contributed by atoms with Gasteiger partial charge in [0.25, 0.3) is 0 Å². The summed E-state index contributed by atoms with van der Waals surface area (Å²) in [7, 11) is 0. The Morgan fingerprint density at radius 2 is 2.14 bits per heavy atom. The molecule has 0 aliphatic heterocycles. The van der Waals surface area contributed by atoms with Gasteiger partial charge in [0.05, 0.1) is 11.8 Å². The van der Waals surface area contributed by atoms with E-state index in [1.165, 1.54) is 0 Å². The number of halogens is 1. The van der Waals surface area contributed by atoms with Gasteiger partial charge in [-0.1, -0.05) is 24.6 Å². The van der Waals surface area contributed by atoms with Crippen molar-refractivity contribution in [2.24, 2.45) is 5.92 Å². The van der Waals surface area contributed by atoms with Crippen LogP contribution in [0.15, 0.2) is 43.0 Å². The van der Waals surface area contributed by atoms with Crippen molar-refractivity contribution in [3.8, 4) is 0 Å². The molecule has 0 aliphatic carbocycles. The first kappa shape index (κ1) is 14.9. The zero-order valence-corrected chi connectivity index (χ0v) is 13.5. The highest BCUT2D eigenvalue weighted by Gasteiger charge is 2.07. The molecule has 0 saturated carbocycles.